The Morgan fingerprint density at radius 3 is 2.21 bits per heavy atom. The Hall–Kier alpha value is -2.99. The Kier molecular flexibility index (Phi) is 7.89. The zero-order valence-corrected chi connectivity index (χ0v) is 17.1. The maximum absolute atomic E-state index is 12.3. The lowest BCUT2D eigenvalue weighted by Crippen LogP contribution is -2.33. The molecule has 1 amide bonds. The smallest absolute Gasteiger partial charge is 0.244 e. The molecule has 6 nitrogen and oxygen atoms in total. The van der Waals surface area contributed by atoms with E-state index in [4.69, 9.17) is 14.2 Å². The van der Waals surface area contributed by atoms with Gasteiger partial charge in [-0.05, 0) is 55.6 Å². The van der Waals surface area contributed by atoms with E-state index in [0.717, 1.165) is 16.9 Å². The summed E-state index contributed by atoms with van der Waals surface area (Å²) in [5.41, 5.74) is 1.90. The van der Waals surface area contributed by atoms with Gasteiger partial charge in [-0.25, -0.2) is 0 Å². The first kappa shape index (κ1) is 21.3. The first-order chi connectivity index (χ1) is 13.5. The average molecular weight is 384 g/mol. The summed E-state index contributed by atoms with van der Waals surface area (Å²) in [5, 5.41) is 2.96. The molecule has 1 unspecified atom stereocenters. The van der Waals surface area contributed by atoms with Crippen LogP contribution in [0, 0.1) is 0 Å². The van der Waals surface area contributed by atoms with Crippen molar-refractivity contribution in [2.45, 2.75) is 6.04 Å². The van der Waals surface area contributed by atoms with Crippen molar-refractivity contribution in [3.8, 4) is 17.2 Å². The molecule has 0 radical (unpaired) electrons. The fourth-order valence-electron chi connectivity index (χ4n) is 2.80. The van der Waals surface area contributed by atoms with E-state index in [1.807, 2.05) is 50.5 Å². The van der Waals surface area contributed by atoms with Crippen molar-refractivity contribution in [1.29, 1.82) is 0 Å². The van der Waals surface area contributed by atoms with Crippen molar-refractivity contribution < 1.29 is 19.0 Å². The zero-order chi connectivity index (χ0) is 20.5. The molecule has 0 bridgehead atoms. The summed E-state index contributed by atoms with van der Waals surface area (Å²) in [7, 11) is 8.79. The SMILES string of the molecule is COc1cc(/C=C/C(=O)NCC(c2cccc(OC)c2)N(C)C)cc(OC)c1. The van der Waals surface area contributed by atoms with Crippen LogP contribution in [0.1, 0.15) is 17.2 Å². The van der Waals surface area contributed by atoms with Crippen molar-refractivity contribution in [3.05, 3.63) is 59.7 Å². The molecule has 2 aromatic carbocycles. The first-order valence-electron chi connectivity index (χ1n) is 8.96. The molecule has 0 aliphatic heterocycles. The highest BCUT2D eigenvalue weighted by Gasteiger charge is 2.15. The number of nitrogens with one attached hydrogen (secondary N) is 1. The lowest BCUT2D eigenvalue weighted by molar-refractivity contribution is -0.116. The molecule has 150 valence electrons. The van der Waals surface area contributed by atoms with E-state index in [9.17, 15) is 4.79 Å². The molecular weight excluding hydrogens is 356 g/mol. The summed E-state index contributed by atoms with van der Waals surface area (Å²) < 4.78 is 15.8. The second-order valence-electron chi connectivity index (χ2n) is 6.48. The Bertz CT molecular complexity index is 796. The fraction of sp³-hybridized carbons (Fsp3) is 0.318. The summed E-state index contributed by atoms with van der Waals surface area (Å²) in [6, 6.07) is 13.4. The molecular formula is C22H28N2O4. The van der Waals surface area contributed by atoms with Gasteiger partial charge in [0.25, 0.3) is 0 Å². The van der Waals surface area contributed by atoms with E-state index in [1.54, 1.807) is 33.5 Å². The molecule has 0 saturated carbocycles. The van der Waals surface area contributed by atoms with Crippen LogP contribution in [0.4, 0.5) is 0 Å². The number of hydrogen-bond donors (Lipinski definition) is 1. The molecule has 1 N–H and O–H groups in total. The van der Waals surface area contributed by atoms with Gasteiger partial charge < -0.3 is 24.4 Å². The van der Waals surface area contributed by atoms with Crippen LogP contribution in [0.25, 0.3) is 6.08 Å². The molecule has 0 fully saturated rings. The van der Waals surface area contributed by atoms with Gasteiger partial charge in [0.15, 0.2) is 0 Å². The number of benzene rings is 2. The Balaban J connectivity index is 2.04. The van der Waals surface area contributed by atoms with E-state index in [-0.39, 0.29) is 11.9 Å². The third-order valence-corrected chi connectivity index (χ3v) is 4.37. The average Bonchev–Trinajstić information content (AvgIpc) is 2.71. The largest absolute Gasteiger partial charge is 0.497 e. The zero-order valence-electron chi connectivity index (χ0n) is 17.1. The van der Waals surface area contributed by atoms with Crippen LogP contribution in [0.2, 0.25) is 0 Å². The monoisotopic (exact) mass is 384 g/mol. The van der Waals surface area contributed by atoms with E-state index in [0.29, 0.717) is 18.0 Å². The number of carbonyl (C=O) groups is 1. The minimum Gasteiger partial charge on any atom is -0.497 e. The van der Waals surface area contributed by atoms with Crippen molar-refractivity contribution in [2.24, 2.45) is 0 Å². The highest BCUT2D eigenvalue weighted by Crippen LogP contribution is 2.24. The summed E-state index contributed by atoms with van der Waals surface area (Å²) in [6.07, 6.45) is 3.24. The molecule has 28 heavy (non-hydrogen) atoms. The second kappa shape index (κ2) is 10.4. The molecule has 2 rings (SSSR count). The van der Waals surface area contributed by atoms with Gasteiger partial charge in [-0.2, -0.15) is 0 Å². The molecule has 0 aliphatic carbocycles. The number of hydrogen-bond acceptors (Lipinski definition) is 5. The first-order valence-corrected chi connectivity index (χ1v) is 8.96. The van der Waals surface area contributed by atoms with Gasteiger partial charge in [-0.15, -0.1) is 0 Å². The summed E-state index contributed by atoms with van der Waals surface area (Å²) in [6.45, 7) is 0.477. The minimum atomic E-state index is -0.170. The van der Waals surface area contributed by atoms with Crippen LogP contribution in [0.5, 0.6) is 17.2 Å². The highest BCUT2D eigenvalue weighted by molar-refractivity contribution is 5.91. The molecule has 0 saturated heterocycles. The van der Waals surface area contributed by atoms with E-state index in [2.05, 4.69) is 10.2 Å². The van der Waals surface area contributed by atoms with Gasteiger partial charge in [0.05, 0.1) is 27.4 Å². The molecule has 0 aromatic heterocycles. The van der Waals surface area contributed by atoms with Gasteiger partial charge in [0.2, 0.25) is 5.91 Å². The topological polar surface area (TPSA) is 60.0 Å². The van der Waals surface area contributed by atoms with Crippen LogP contribution >= 0.6 is 0 Å². The van der Waals surface area contributed by atoms with Crippen LogP contribution < -0.4 is 19.5 Å². The van der Waals surface area contributed by atoms with Crippen molar-refractivity contribution in [1.82, 2.24) is 10.2 Å². The van der Waals surface area contributed by atoms with Crippen molar-refractivity contribution in [2.75, 3.05) is 42.0 Å². The molecule has 2 aromatic rings. The highest BCUT2D eigenvalue weighted by atomic mass is 16.5. The number of methoxy groups -OCH3 is 3. The normalized spacial score (nSPS) is 12.1. The Morgan fingerprint density at radius 2 is 1.64 bits per heavy atom. The maximum atomic E-state index is 12.3. The standard InChI is InChI=1S/C22H28N2O4/c1-24(2)21(17-7-6-8-18(13-17)26-3)15-23-22(25)10-9-16-11-19(27-4)14-20(12-16)28-5/h6-14,21H,15H2,1-5H3,(H,23,25)/b10-9+. The van der Waals surface area contributed by atoms with Crippen LogP contribution in [-0.4, -0.2) is 52.8 Å². The van der Waals surface area contributed by atoms with Gasteiger partial charge in [0, 0.05) is 18.7 Å². The second-order valence-corrected chi connectivity index (χ2v) is 6.48. The Labute approximate surface area is 166 Å². The molecule has 0 spiro atoms. The quantitative estimate of drug-likeness (QED) is 0.673. The number of likely N-dealkylation sites (N-methyl/N-ethyl adjacent to an activating group) is 1. The lowest BCUT2D eigenvalue weighted by atomic mass is 10.1. The van der Waals surface area contributed by atoms with E-state index >= 15 is 0 Å². The van der Waals surface area contributed by atoms with Crippen LogP contribution in [0.3, 0.4) is 0 Å². The predicted octanol–water partition coefficient (Wildman–Crippen LogP) is 3.14. The molecule has 6 heteroatoms. The van der Waals surface area contributed by atoms with E-state index in [1.165, 1.54) is 6.08 Å². The van der Waals surface area contributed by atoms with E-state index < -0.39 is 0 Å². The lowest BCUT2D eigenvalue weighted by Gasteiger charge is -2.25. The van der Waals surface area contributed by atoms with Gasteiger partial charge in [0.1, 0.15) is 17.2 Å². The van der Waals surface area contributed by atoms with Crippen molar-refractivity contribution in [3.63, 3.8) is 0 Å². The Morgan fingerprint density at radius 1 is 1.00 bits per heavy atom. The maximum Gasteiger partial charge on any atom is 0.244 e. The molecule has 0 aliphatic rings. The number of amides is 1. The van der Waals surface area contributed by atoms with Gasteiger partial charge in [-0.1, -0.05) is 12.1 Å². The third-order valence-electron chi connectivity index (χ3n) is 4.37. The van der Waals surface area contributed by atoms with Crippen LogP contribution in [-0.2, 0) is 4.79 Å². The molecule has 0 heterocycles. The third kappa shape index (κ3) is 6.03. The predicted molar refractivity (Wildman–Crippen MR) is 111 cm³/mol. The van der Waals surface area contributed by atoms with Gasteiger partial charge >= 0.3 is 0 Å². The minimum absolute atomic E-state index is 0.0318. The molecule has 1 atom stereocenters. The number of rotatable bonds is 9. The summed E-state index contributed by atoms with van der Waals surface area (Å²) in [4.78, 5) is 14.4. The van der Waals surface area contributed by atoms with Crippen LogP contribution in [0.15, 0.2) is 48.5 Å². The fourth-order valence-corrected chi connectivity index (χ4v) is 2.80. The number of ether oxygens (including phenoxy) is 3. The number of nitrogens with zero attached hydrogens (tertiary/aromatic N) is 1. The van der Waals surface area contributed by atoms with Gasteiger partial charge in [-0.3, -0.25) is 4.79 Å². The summed E-state index contributed by atoms with van der Waals surface area (Å²) >= 11 is 0. The van der Waals surface area contributed by atoms with Crippen molar-refractivity contribution >= 4 is 12.0 Å². The summed E-state index contributed by atoms with van der Waals surface area (Å²) in [5.74, 6) is 1.97. The number of carbonyl (C=O) groups excluding carboxylic acids is 1.